The summed E-state index contributed by atoms with van der Waals surface area (Å²) in [5, 5.41) is 35.4. The van der Waals surface area contributed by atoms with Crippen molar-refractivity contribution in [3.63, 3.8) is 0 Å². The molecule has 14 nitrogen and oxygen atoms in total. The molecule has 0 atom stereocenters. The van der Waals surface area contributed by atoms with Crippen LogP contribution in [-0.4, -0.2) is 81.3 Å². The Balaban J connectivity index is 1.11. The van der Waals surface area contributed by atoms with E-state index >= 15 is 0 Å². The fourth-order valence-electron chi connectivity index (χ4n) is 7.49. The summed E-state index contributed by atoms with van der Waals surface area (Å²) >= 11 is 0. The van der Waals surface area contributed by atoms with Crippen LogP contribution in [0.15, 0.2) is 49.2 Å². The third-order valence-electron chi connectivity index (χ3n) is 10.9. The van der Waals surface area contributed by atoms with Gasteiger partial charge in [-0.1, -0.05) is 0 Å². The van der Waals surface area contributed by atoms with Crippen molar-refractivity contribution in [2.24, 2.45) is 11.8 Å². The van der Waals surface area contributed by atoms with Crippen LogP contribution >= 0.6 is 0 Å². The van der Waals surface area contributed by atoms with Crippen molar-refractivity contribution in [2.75, 3.05) is 16.0 Å². The maximum absolute atomic E-state index is 12.7. The Morgan fingerprint density at radius 2 is 1.38 bits per heavy atom. The van der Waals surface area contributed by atoms with Crippen molar-refractivity contribution >= 4 is 33.3 Å². The lowest BCUT2D eigenvalue weighted by Crippen LogP contribution is -2.37. The molecule has 0 saturated heterocycles. The Labute approximate surface area is 305 Å². The Kier molecular flexibility index (Phi) is 9.95. The summed E-state index contributed by atoms with van der Waals surface area (Å²) in [6.45, 7) is 7.58. The molecule has 4 aromatic heterocycles. The number of rotatable bonds is 12. The van der Waals surface area contributed by atoms with E-state index in [4.69, 9.17) is 9.97 Å². The average molecular weight is 731 g/mol. The van der Waals surface area contributed by atoms with Gasteiger partial charge in [-0.3, -0.25) is 0 Å². The molecule has 3 fully saturated rings. The molecule has 0 bridgehead atoms. The lowest BCUT2D eigenvalue weighted by atomic mass is 9.77. The molecule has 3 aliphatic rings. The lowest BCUT2D eigenvalue weighted by molar-refractivity contribution is -0.000847. The number of nitrogens with one attached hydrogen (secondary N) is 3. The normalized spacial score (nSPS) is 22.9. The van der Waals surface area contributed by atoms with E-state index in [1.165, 1.54) is 12.4 Å². The molecule has 0 amide bonds. The van der Waals surface area contributed by atoms with Crippen molar-refractivity contribution in [2.45, 2.75) is 120 Å². The summed E-state index contributed by atoms with van der Waals surface area (Å²) in [5.74, 6) is 2.49. The highest BCUT2D eigenvalue weighted by atomic mass is 32.2. The van der Waals surface area contributed by atoms with Gasteiger partial charge in [0.2, 0.25) is 5.95 Å². The standard InChI is InChI=1S/C37H50N10O4S/c1-36(2,48)24-5-9-26(10-6-24)42-31-19-33(45-32-16-18-38-34(46-32)23-20-41-47(22-23)52(50,51)28-13-14-28)40-21-29(31)30-15-17-39-35(44-30)43-27-11-7-25(8-12-27)37(3,4)49/h15-22,24-28,48-49H,5-14H2,1-4H3,(H,39,43,44)(H2,38,40,42,45,46). The third-order valence-corrected chi connectivity index (χ3v) is 13.0. The van der Waals surface area contributed by atoms with E-state index in [1.807, 2.05) is 39.8 Å². The van der Waals surface area contributed by atoms with Crippen molar-refractivity contribution < 1.29 is 18.6 Å². The van der Waals surface area contributed by atoms with Gasteiger partial charge in [0.25, 0.3) is 10.0 Å². The van der Waals surface area contributed by atoms with Gasteiger partial charge in [0.15, 0.2) is 5.82 Å². The molecule has 4 heterocycles. The van der Waals surface area contributed by atoms with Crippen molar-refractivity contribution in [3.8, 4) is 22.6 Å². The van der Waals surface area contributed by atoms with Gasteiger partial charge in [-0.05, 0) is 116 Å². The average Bonchev–Trinajstić information content (AvgIpc) is 3.85. The van der Waals surface area contributed by atoms with Gasteiger partial charge in [-0.2, -0.15) is 9.19 Å². The molecule has 278 valence electrons. The fourth-order valence-corrected chi connectivity index (χ4v) is 8.97. The van der Waals surface area contributed by atoms with Gasteiger partial charge in [-0.15, -0.1) is 0 Å². The summed E-state index contributed by atoms with van der Waals surface area (Å²) in [6, 6.07) is 6.00. The minimum Gasteiger partial charge on any atom is -0.390 e. The molecule has 0 spiro atoms. The van der Waals surface area contributed by atoms with Crippen LogP contribution in [0.2, 0.25) is 0 Å². The van der Waals surface area contributed by atoms with E-state index in [9.17, 15) is 18.6 Å². The number of aromatic nitrogens is 7. The van der Waals surface area contributed by atoms with E-state index in [-0.39, 0.29) is 29.2 Å². The highest BCUT2D eigenvalue weighted by Crippen LogP contribution is 2.37. The largest absolute Gasteiger partial charge is 0.390 e. The number of pyridine rings is 1. The monoisotopic (exact) mass is 730 g/mol. The van der Waals surface area contributed by atoms with Gasteiger partial charge in [0.1, 0.15) is 11.6 Å². The maximum atomic E-state index is 12.7. The molecule has 3 aliphatic carbocycles. The Morgan fingerprint density at radius 3 is 2.02 bits per heavy atom. The molecule has 4 aromatic rings. The van der Waals surface area contributed by atoms with Gasteiger partial charge >= 0.3 is 0 Å². The van der Waals surface area contributed by atoms with Crippen LogP contribution in [0.3, 0.4) is 0 Å². The molecule has 0 unspecified atom stereocenters. The smallest absolute Gasteiger partial charge is 0.256 e. The van der Waals surface area contributed by atoms with Crippen molar-refractivity contribution in [3.05, 3.63) is 49.2 Å². The molecular weight excluding hydrogens is 681 g/mol. The molecule has 0 aliphatic heterocycles. The second-order valence-electron chi connectivity index (χ2n) is 15.8. The predicted octanol–water partition coefficient (Wildman–Crippen LogP) is 5.76. The van der Waals surface area contributed by atoms with Crippen molar-refractivity contribution in [1.29, 1.82) is 0 Å². The molecular formula is C37H50N10O4S. The van der Waals surface area contributed by atoms with E-state index in [0.717, 1.165) is 72.4 Å². The number of anilines is 4. The van der Waals surface area contributed by atoms with E-state index in [0.29, 0.717) is 41.8 Å². The van der Waals surface area contributed by atoms with Crippen LogP contribution in [0.25, 0.3) is 22.6 Å². The van der Waals surface area contributed by atoms with Crippen LogP contribution in [0.1, 0.15) is 91.9 Å². The number of aliphatic hydroxyl groups is 2. The first kappa shape index (κ1) is 36.2. The minimum absolute atomic E-state index is 0.201. The lowest BCUT2D eigenvalue weighted by Gasteiger charge is -2.36. The van der Waals surface area contributed by atoms with Crippen LogP contribution in [0.5, 0.6) is 0 Å². The zero-order chi connectivity index (χ0) is 36.7. The van der Waals surface area contributed by atoms with Crippen LogP contribution in [0, 0.1) is 11.8 Å². The third kappa shape index (κ3) is 8.37. The van der Waals surface area contributed by atoms with Crippen LogP contribution in [0.4, 0.5) is 23.3 Å². The zero-order valence-electron chi connectivity index (χ0n) is 30.3. The van der Waals surface area contributed by atoms with E-state index in [2.05, 4.69) is 36.0 Å². The molecule has 52 heavy (non-hydrogen) atoms. The first-order valence-electron chi connectivity index (χ1n) is 18.4. The Bertz CT molecular complexity index is 1970. The quantitative estimate of drug-likeness (QED) is 0.118. The van der Waals surface area contributed by atoms with Crippen molar-refractivity contribution in [1.82, 2.24) is 34.1 Å². The minimum atomic E-state index is -3.50. The number of nitrogens with zero attached hydrogens (tertiary/aromatic N) is 7. The highest BCUT2D eigenvalue weighted by Gasteiger charge is 2.38. The van der Waals surface area contributed by atoms with Crippen LogP contribution in [-0.2, 0) is 10.0 Å². The van der Waals surface area contributed by atoms with Gasteiger partial charge in [0.05, 0.1) is 40.1 Å². The highest BCUT2D eigenvalue weighted by molar-refractivity contribution is 7.90. The van der Waals surface area contributed by atoms with Gasteiger partial charge < -0.3 is 26.2 Å². The molecule has 0 aromatic carbocycles. The summed E-state index contributed by atoms with van der Waals surface area (Å²) in [4.78, 5) is 23.2. The topological polar surface area (TPSA) is 193 Å². The molecule has 3 saturated carbocycles. The first-order valence-corrected chi connectivity index (χ1v) is 19.9. The van der Waals surface area contributed by atoms with E-state index in [1.54, 1.807) is 24.7 Å². The summed E-state index contributed by atoms with van der Waals surface area (Å²) in [5.41, 5.74) is 1.55. The predicted molar refractivity (Wildman–Crippen MR) is 200 cm³/mol. The molecule has 0 radical (unpaired) electrons. The summed E-state index contributed by atoms with van der Waals surface area (Å²) < 4.78 is 26.3. The fraction of sp³-hybridized carbons (Fsp3) is 0.568. The number of hydrogen-bond donors (Lipinski definition) is 5. The molecule has 5 N–H and O–H groups in total. The zero-order valence-corrected chi connectivity index (χ0v) is 31.1. The summed E-state index contributed by atoms with van der Waals surface area (Å²) in [6.07, 6.45) is 16.9. The summed E-state index contributed by atoms with van der Waals surface area (Å²) in [7, 11) is -3.50. The van der Waals surface area contributed by atoms with Gasteiger partial charge in [0, 0.05) is 48.0 Å². The molecule has 7 rings (SSSR count). The SMILES string of the molecule is CC(C)(O)C1CCC(Nc2nccc(-c3cnc(Nc4ccnc(-c5cnn(S(=O)(=O)C6CC6)c5)n4)cc3NC3CCC(C(C)(C)O)CC3)n2)CC1. The second kappa shape index (κ2) is 14.3. The Hall–Kier alpha value is -4.21. The second-order valence-corrected chi connectivity index (χ2v) is 17.9. The maximum Gasteiger partial charge on any atom is 0.256 e. The Morgan fingerprint density at radius 1 is 0.750 bits per heavy atom. The number of hydrogen-bond acceptors (Lipinski definition) is 13. The first-order chi connectivity index (χ1) is 24.7. The van der Waals surface area contributed by atoms with Gasteiger partial charge in [-0.25, -0.2) is 33.3 Å². The molecule has 15 heteroatoms. The van der Waals surface area contributed by atoms with E-state index < -0.39 is 21.2 Å². The van der Waals surface area contributed by atoms with Crippen LogP contribution < -0.4 is 16.0 Å².